The summed E-state index contributed by atoms with van der Waals surface area (Å²) < 4.78 is 27.8. The van der Waals surface area contributed by atoms with Crippen molar-refractivity contribution in [1.82, 2.24) is 0 Å². The lowest BCUT2D eigenvalue weighted by Crippen LogP contribution is -2.16. The van der Waals surface area contributed by atoms with Gasteiger partial charge in [0.05, 0.1) is 0 Å². The molecule has 0 fully saturated rings. The third kappa shape index (κ3) is 3.19. The normalized spacial score (nSPS) is 12.4. The first-order valence-electron chi connectivity index (χ1n) is 6.01. The molecule has 0 saturated heterocycles. The Morgan fingerprint density at radius 3 is 2.47 bits per heavy atom. The first kappa shape index (κ1) is 14.2. The third-order valence-electron chi connectivity index (χ3n) is 3.13. The summed E-state index contributed by atoms with van der Waals surface area (Å²) in [5, 5.41) is 0. The summed E-state index contributed by atoms with van der Waals surface area (Å²) in [5.74, 6) is -1.65. The van der Waals surface area contributed by atoms with E-state index in [1.165, 1.54) is 6.07 Å². The van der Waals surface area contributed by atoms with Crippen LogP contribution in [-0.2, 0) is 6.42 Å². The fraction of sp³-hybridized carbons (Fsp3) is 0.200. The summed E-state index contributed by atoms with van der Waals surface area (Å²) in [7, 11) is 0. The topological polar surface area (TPSA) is 26.0 Å². The molecule has 2 rings (SSSR count). The van der Waals surface area contributed by atoms with Gasteiger partial charge in [0.25, 0.3) is 0 Å². The van der Waals surface area contributed by atoms with Gasteiger partial charge < -0.3 is 5.73 Å². The molecular formula is C15H14BrF2N. The Labute approximate surface area is 119 Å². The van der Waals surface area contributed by atoms with Gasteiger partial charge in [-0.1, -0.05) is 46.3 Å². The minimum atomic E-state index is -0.819. The van der Waals surface area contributed by atoms with Crippen LogP contribution in [0.5, 0.6) is 0 Å². The number of rotatable bonds is 4. The average Bonchev–Trinajstić information content (AvgIpc) is 2.41. The van der Waals surface area contributed by atoms with Gasteiger partial charge in [-0.15, -0.1) is 0 Å². The number of benzene rings is 2. The van der Waals surface area contributed by atoms with Crippen molar-refractivity contribution in [2.75, 3.05) is 6.54 Å². The van der Waals surface area contributed by atoms with Gasteiger partial charge in [-0.25, -0.2) is 8.78 Å². The van der Waals surface area contributed by atoms with Gasteiger partial charge in [-0.05, 0) is 36.2 Å². The Balaban J connectivity index is 2.30. The van der Waals surface area contributed by atoms with E-state index in [-0.39, 0.29) is 5.92 Å². The van der Waals surface area contributed by atoms with E-state index in [4.69, 9.17) is 5.73 Å². The zero-order chi connectivity index (χ0) is 13.8. The second kappa shape index (κ2) is 6.26. The number of nitrogens with two attached hydrogens (primary N) is 1. The van der Waals surface area contributed by atoms with Gasteiger partial charge in [0.1, 0.15) is 0 Å². The van der Waals surface area contributed by atoms with E-state index < -0.39 is 11.6 Å². The van der Waals surface area contributed by atoms with Crippen molar-refractivity contribution in [3.63, 3.8) is 0 Å². The van der Waals surface area contributed by atoms with Crippen LogP contribution in [0.1, 0.15) is 17.0 Å². The molecule has 0 radical (unpaired) electrons. The maximum Gasteiger partial charge on any atom is 0.162 e. The number of halogens is 3. The fourth-order valence-electron chi connectivity index (χ4n) is 2.10. The molecule has 0 aliphatic carbocycles. The molecule has 1 atom stereocenters. The minimum absolute atomic E-state index is 0.0492. The summed E-state index contributed by atoms with van der Waals surface area (Å²) in [6, 6.07) is 11.9. The Morgan fingerprint density at radius 2 is 1.79 bits per heavy atom. The van der Waals surface area contributed by atoms with Crippen molar-refractivity contribution >= 4 is 15.9 Å². The predicted molar refractivity (Wildman–Crippen MR) is 76.0 cm³/mol. The lowest BCUT2D eigenvalue weighted by Gasteiger charge is -2.17. The highest BCUT2D eigenvalue weighted by Gasteiger charge is 2.16. The van der Waals surface area contributed by atoms with Crippen LogP contribution in [0, 0.1) is 11.6 Å². The third-order valence-corrected chi connectivity index (χ3v) is 3.85. The van der Waals surface area contributed by atoms with E-state index >= 15 is 0 Å². The van der Waals surface area contributed by atoms with Crippen molar-refractivity contribution < 1.29 is 8.78 Å². The molecule has 2 aromatic rings. The van der Waals surface area contributed by atoms with Crippen molar-refractivity contribution in [3.05, 3.63) is 69.7 Å². The molecule has 0 aliphatic rings. The van der Waals surface area contributed by atoms with Crippen molar-refractivity contribution in [1.29, 1.82) is 0 Å². The second-order valence-corrected chi connectivity index (χ2v) is 5.23. The zero-order valence-electron chi connectivity index (χ0n) is 10.2. The first-order chi connectivity index (χ1) is 9.13. The molecule has 0 amide bonds. The molecule has 0 heterocycles. The van der Waals surface area contributed by atoms with Crippen LogP contribution in [-0.4, -0.2) is 6.54 Å². The molecule has 4 heteroatoms. The summed E-state index contributed by atoms with van der Waals surface area (Å²) in [6.45, 7) is 0.374. The van der Waals surface area contributed by atoms with Crippen LogP contribution in [0.15, 0.2) is 46.9 Å². The van der Waals surface area contributed by atoms with Gasteiger partial charge in [-0.2, -0.15) is 0 Å². The molecule has 0 aliphatic heterocycles. The van der Waals surface area contributed by atoms with Gasteiger partial charge >= 0.3 is 0 Å². The largest absolute Gasteiger partial charge is 0.330 e. The van der Waals surface area contributed by atoms with E-state index in [9.17, 15) is 8.78 Å². The van der Waals surface area contributed by atoms with Gasteiger partial charge in [0, 0.05) is 10.4 Å². The summed E-state index contributed by atoms with van der Waals surface area (Å²) in [4.78, 5) is 0. The van der Waals surface area contributed by atoms with Crippen molar-refractivity contribution in [2.45, 2.75) is 12.3 Å². The minimum Gasteiger partial charge on any atom is -0.330 e. The van der Waals surface area contributed by atoms with Crippen molar-refractivity contribution in [2.24, 2.45) is 5.73 Å². The number of hydrogen-bond donors (Lipinski definition) is 1. The molecule has 1 nitrogen and oxygen atoms in total. The molecule has 2 N–H and O–H groups in total. The van der Waals surface area contributed by atoms with E-state index in [2.05, 4.69) is 15.9 Å². The van der Waals surface area contributed by atoms with Gasteiger partial charge in [-0.3, -0.25) is 0 Å². The van der Waals surface area contributed by atoms with E-state index in [0.29, 0.717) is 18.5 Å². The van der Waals surface area contributed by atoms with Crippen LogP contribution in [0.25, 0.3) is 0 Å². The standard InChI is InChI=1S/C15H14BrF2N/c16-13-6-2-1-5-12(13)11(9-19)8-10-4-3-7-14(17)15(10)18/h1-7,11H,8-9,19H2. The quantitative estimate of drug-likeness (QED) is 0.903. The zero-order valence-corrected chi connectivity index (χ0v) is 11.8. The Bertz CT molecular complexity index is 572. The van der Waals surface area contributed by atoms with Crippen LogP contribution in [0.4, 0.5) is 8.78 Å². The SMILES string of the molecule is NCC(Cc1cccc(F)c1F)c1ccccc1Br. The predicted octanol–water partition coefficient (Wildman–Crippen LogP) is 4.01. The summed E-state index contributed by atoms with van der Waals surface area (Å²) in [5.41, 5.74) is 7.13. The Hall–Kier alpha value is -1.26. The molecule has 0 saturated carbocycles. The molecule has 19 heavy (non-hydrogen) atoms. The van der Waals surface area contributed by atoms with Crippen LogP contribution in [0.3, 0.4) is 0 Å². The highest BCUT2D eigenvalue weighted by atomic mass is 79.9. The highest BCUT2D eigenvalue weighted by Crippen LogP contribution is 2.28. The Morgan fingerprint density at radius 1 is 1.05 bits per heavy atom. The smallest absolute Gasteiger partial charge is 0.162 e. The van der Waals surface area contributed by atoms with Crippen molar-refractivity contribution in [3.8, 4) is 0 Å². The molecule has 100 valence electrons. The summed E-state index contributed by atoms with van der Waals surface area (Å²) in [6.07, 6.45) is 0.378. The van der Waals surface area contributed by atoms with Crippen LogP contribution >= 0.6 is 15.9 Å². The highest BCUT2D eigenvalue weighted by molar-refractivity contribution is 9.10. The van der Waals surface area contributed by atoms with E-state index in [0.717, 1.165) is 16.1 Å². The average molecular weight is 326 g/mol. The molecular weight excluding hydrogens is 312 g/mol. The molecule has 2 aromatic carbocycles. The van der Waals surface area contributed by atoms with E-state index in [1.54, 1.807) is 6.07 Å². The number of hydrogen-bond acceptors (Lipinski definition) is 1. The summed E-state index contributed by atoms with van der Waals surface area (Å²) >= 11 is 3.46. The van der Waals surface area contributed by atoms with Gasteiger partial charge in [0.2, 0.25) is 0 Å². The first-order valence-corrected chi connectivity index (χ1v) is 6.80. The molecule has 0 bridgehead atoms. The van der Waals surface area contributed by atoms with Crippen LogP contribution in [0.2, 0.25) is 0 Å². The second-order valence-electron chi connectivity index (χ2n) is 4.37. The monoisotopic (exact) mass is 325 g/mol. The lowest BCUT2D eigenvalue weighted by molar-refractivity contribution is 0.493. The maximum atomic E-state index is 13.7. The van der Waals surface area contributed by atoms with E-state index in [1.807, 2.05) is 24.3 Å². The van der Waals surface area contributed by atoms with Gasteiger partial charge in [0.15, 0.2) is 11.6 Å². The fourth-order valence-corrected chi connectivity index (χ4v) is 2.71. The van der Waals surface area contributed by atoms with Crippen LogP contribution < -0.4 is 5.73 Å². The molecule has 1 unspecified atom stereocenters. The molecule has 0 aromatic heterocycles. The maximum absolute atomic E-state index is 13.7. The molecule has 0 spiro atoms. The lowest BCUT2D eigenvalue weighted by atomic mass is 9.92. The Kier molecular flexibility index (Phi) is 4.66.